The molecule has 1 aromatic heterocycles. The quantitative estimate of drug-likeness (QED) is 0.723. The van der Waals surface area contributed by atoms with Gasteiger partial charge in [0.2, 0.25) is 0 Å². The van der Waals surface area contributed by atoms with Gasteiger partial charge in [0, 0.05) is 0 Å². The normalized spacial score (nSPS) is 8.86. The molecular formula is C8H7F3O2S. The monoisotopic (exact) mass is 224 g/mol. The van der Waals surface area contributed by atoms with Crippen LogP contribution in [0.25, 0.3) is 0 Å². The van der Waals surface area contributed by atoms with Crippen LogP contribution in [0, 0.1) is 5.82 Å². The predicted octanol–water partition coefficient (Wildman–Crippen LogP) is 2.54. The zero-order chi connectivity index (χ0) is 11.1. The van der Waals surface area contributed by atoms with Crippen molar-refractivity contribution in [3.63, 3.8) is 0 Å². The number of ketones is 1. The second-order valence-electron chi connectivity index (χ2n) is 2.21. The molecule has 2 nitrogen and oxygen atoms in total. The maximum atomic E-state index is 12.1. The third-order valence-electron chi connectivity index (χ3n) is 0.984. The maximum Gasteiger partial charge on any atom is 0.344 e. The zero-order valence-corrected chi connectivity index (χ0v) is 8.04. The van der Waals surface area contributed by atoms with Crippen molar-refractivity contribution < 1.29 is 22.8 Å². The van der Waals surface area contributed by atoms with Gasteiger partial charge in [0.25, 0.3) is 0 Å². The molecule has 0 aliphatic carbocycles. The Balaban J connectivity index is 0.000000292. The van der Waals surface area contributed by atoms with Gasteiger partial charge in [-0.3, -0.25) is 9.59 Å². The van der Waals surface area contributed by atoms with E-state index in [-0.39, 0.29) is 0 Å². The Morgan fingerprint density at radius 2 is 2.00 bits per heavy atom. The molecule has 0 spiro atoms. The van der Waals surface area contributed by atoms with Gasteiger partial charge in [0.1, 0.15) is 17.4 Å². The fourth-order valence-electron chi connectivity index (χ4n) is 0.434. The van der Waals surface area contributed by atoms with E-state index in [0.29, 0.717) is 0 Å². The highest BCUT2D eigenvalue weighted by Gasteiger charge is 2.10. The van der Waals surface area contributed by atoms with Crippen LogP contribution in [0.5, 0.6) is 0 Å². The molecule has 0 bridgehead atoms. The molecule has 14 heavy (non-hydrogen) atoms. The minimum Gasteiger partial charge on any atom is -0.297 e. The van der Waals surface area contributed by atoms with Crippen molar-refractivity contribution in [2.24, 2.45) is 0 Å². The Morgan fingerprint density at radius 3 is 2.14 bits per heavy atom. The smallest absolute Gasteiger partial charge is 0.297 e. The standard InChI is InChI=1S/C5H2F2OS.C3H5FO/c6-3-1-2-9-4(3)5(7)8;1-3(5)2-4/h1-2H;2H2,1H3. The van der Waals surface area contributed by atoms with Crippen LogP contribution in [-0.2, 0) is 4.79 Å². The molecule has 0 fully saturated rings. The first kappa shape index (κ1) is 12.8. The summed E-state index contributed by atoms with van der Waals surface area (Å²) in [6, 6.07) is -0.653. The van der Waals surface area contributed by atoms with Gasteiger partial charge in [-0.1, -0.05) is 0 Å². The Hall–Kier alpha value is -1.17. The molecule has 0 saturated heterocycles. The van der Waals surface area contributed by atoms with Crippen LogP contribution in [0.3, 0.4) is 0 Å². The number of halogens is 3. The third-order valence-corrected chi connectivity index (χ3v) is 1.85. The minimum absolute atomic E-state index is 0.412. The van der Waals surface area contributed by atoms with Crippen molar-refractivity contribution in [2.45, 2.75) is 6.92 Å². The molecule has 0 N–H and O–H groups in total. The maximum absolute atomic E-state index is 12.1. The van der Waals surface area contributed by atoms with E-state index in [9.17, 15) is 22.8 Å². The number of thiophene rings is 1. The number of alkyl halides is 1. The summed E-state index contributed by atoms with van der Waals surface area (Å²) in [5.41, 5.74) is 0. The average molecular weight is 224 g/mol. The van der Waals surface area contributed by atoms with Gasteiger partial charge in [0.15, 0.2) is 5.78 Å². The highest BCUT2D eigenvalue weighted by molar-refractivity contribution is 7.12. The van der Waals surface area contributed by atoms with Crippen LogP contribution in [0.1, 0.15) is 16.6 Å². The largest absolute Gasteiger partial charge is 0.344 e. The Bertz CT molecular complexity index is 322. The highest BCUT2D eigenvalue weighted by Crippen LogP contribution is 2.15. The van der Waals surface area contributed by atoms with E-state index < -0.39 is 29.2 Å². The van der Waals surface area contributed by atoms with E-state index in [1.165, 1.54) is 12.3 Å². The second kappa shape index (κ2) is 6.31. The lowest BCUT2D eigenvalue weighted by atomic mass is 10.5. The lowest BCUT2D eigenvalue weighted by molar-refractivity contribution is -0.117. The first-order valence-corrected chi connectivity index (χ1v) is 4.35. The third kappa shape index (κ3) is 4.76. The van der Waals surface area contributed by atoms with Crippen molar-refractivity contribution >= 4 is 23.2 Å². The molecule has 0 aliphatic rings. The lowest BCUT2D eigenvalue weighted by Crippen LogP contribution is -1.87. The van der Waals surface area contributed by atoms with Gasteiger partial charge >= 0.3 is 6.04 Å². The molecule has 1 rings (SSSR count). The van der Waals surface area contributed by atoms with Crippen molar-refractivity contribution in [1.29, 1.82) is 0 Å². The highest BCUT2D eigenvalue weighted by atomic mass is 32.1. The van der Waals surface area contributed by atoms with Crippen LogP contribution < -0.4 is 0 Å². The molecule has 6 heteroatoms. The summed E-state index contributed by atoms with van der Waals surface area (Å²) in [7, 11) is 0. The molecule has 1 heterocycles. The van der Waals surface area contributed by atoms with Crippen LogP contribution in [0.4, 0.5) is 13.2 Å². The van der Waals surface area contributed by atoms with Gasteiger partial charge in [0.05, 0.1) is 0 Å². The van der Waals surface area contributed by atoms with Crippen molar-refractivity contribution in [2.75, 3.05) is 6.67 Å². The topological polar surface area (TPSA) is 34.1 Å². The summed E-state index contributed by atoms with van der Waals surface area (Å²) in [5.74, 6) is -1.20. The number of hydrogen-bond donors (Lipinski definition) is 0. The van der Waals surface area contributed by atoms with Crippen molar-refractivity contribution in [3.05, 3.63) is 22.1 Å². The first-order valence-electron chi connectivity index (χ1n) is 3.47. The van der Waals surface area contributed by atoms with Crippen LogP contribution in [0.2, 0.25) is 0 Å². The molecule has 0 saturated carbocycles. The molecule has 1 aromatic rings. The van der Waals surface area contributed by atoms with Crippen molar-refractivity contribution in [1.82, 2.24) is 0 Å². The number of carbonyl (C=O) groups excluding carboxylic acids is 2. The first-order chi connectivity index (χ1) is 6.49. The molecule has 0 aliphatic heterocycles. The molecule has 0 unspecified atom stereocenters. The van der Waals surface area contributed by atoms with Gasteiger partial charge < -0.3 is 0 Å². The van der Waals surface area contributed by atoms with E-state index in [2.05, 4.69) is 0 Å². The van der Waals surface area contributed by atoms with Gasteiger partial charge in [-0.2, -0.15) is 4.39 Å². The Morgan fingerprint density at radius 1 is 1.50 bits per heavy atom. The van der Waals surface area contributed by atoms with E-state index in [4.69, 9.17) is 0 Å². The predicted molar refractivity (Wildman–Crippen MR) is 46.4 cm³/mol. The summed E-state index contributed by atoms with van der Waals surface area (Å²) < 4.78 is 34.6. The van der Waals surface area contributed by atoms with Gasteiger partial charge in [-0.25, -0.2) is 8.78 Å². The van der Waals surface area contributed by atoms with E-state index in [0.717, 1.165) is 17.4 Å². The molecule has 0 amide bonds. The number of carbonyl (C=O) groups is 2. The molecular weight excluding hydrogens is 217 g/mol. The fourth-order valence-corrected chi connectivity index (χ4v) is 1.03. The molecule has 0 radical (unpaired) electrons. The SMILES string of the molecule is CC(=O)CF.O=C(F)c1sccc1F. The lowest BCUT2D eigenvalue weighted by Gasteiger charge is -1.80. The van der Waals surface area contributed by atoms with E-state index in [1.54, 1.807) is 0 Å². The summed E-state index contributed by atoms with van der Waals surface area (Å²) in [6.45, 7) is 0.375. The molecule has 0 aromatic carbocycles. The average Bonchev–Trinajstić information content (AvgIpc) is 2.52. The van der Waals surface area contributed by atoms with E-state index in [1.807, 2.05) is 0 Å². The minimum atomic E-state index is -1.71. The number of Topliss-reactive ketones (excluding diaryl/α,β-unsaturated/α-hetero) is 1. The summed E-state index contributed by atoms with van der Waals surface area (Å²) in [4.78, 5) is 18.8. The Kier molecular flexibility index (Phi) is 5.78. The van der Waals surface area contributed by atoms with Gasteiger partial charge in [-0.15, -0.1) is 11.3 Å². The Labute approximate surface area is 82.4 Å². The van der Waals surface area contributed by atoms with E-state index >= 15 is 0 Å². The van der Waals surface area contributed by atoms with Gasteiger partial charge in [-0.05, 0) is 18.4 Å². The summed E-state index contributed by atoms with van der Waals surface area (Å²) in [5, 5.41) is 1.32. The summed E-state index contributed by atoms with van der Waals surface area (Å²) in [6.07, 6.45) is 0. The van der Waals surface area contributed by atoms with Crippen LogP contribution in [0.15, 0.2) is 11.4 Å². The summed E-state index contributed by atoms with van der Waals surface area (Å²) >= 11 is 0.758. The molecule has 0 atom stereocenters. The number of hydrogen-bond acceptors (Lipinski definition) is 3. The fraction of sp³-hybridized carbons (Fsp3) is 0.250. The second-order valence-corrected chi connectivity index (χ2v) is 3.12. The van der Waals surface area contributed by atoms with Crippen LogP contribution >= 0.6 is 11.3 Å². The van der Waals surface area contributed by atoms with Crippen LogP contribution in [-0.4, -0.2) is 18.5 Å². The molecule has 78 valence electrons. The zero-order valence-electron chi connectivity index (χ0n) is 7.22. The number of rotatable bonds is 2. The van der Waals surface area contributed by atoms with Crippen molar-refractivity contribution in [3.8, 4) is 0 Å².